The third kappa shape index (κ3) is 2.46. The number of nitrogens with one attached hydrogen (secondary N) is 2. The van der Waals surface area contributed by atoms with E-state index < -0.39 is 4.87 Å². The van der Waals surface area contributed by atoms with Crippen LogP contribution in [0.25, 0.3) is 0 Å². The minimum absolute atomic E-state index is 0.267. The molecular formula is C12H15N2O2S. The van der Waals surface area contributed by atoms with Crippen molar-refractivity contribution < 1.29 is 9.53 Å². The lowest BCUT2D eigenvalue weighted by atomic mass is 10.1. The summed E-state index contributed by atoms with van der Waals surface area (Å²) in [6, 6.07) is 9.56. The molecule has 1 aromatic carbocycles. The SMILES string of the molecule is CCCOC(=O)C1(c2ccccc2)NN[CH]S1. The minimum Gasteiger partial charge on any atom is -0.463 e. The third-order valence-electron chi connectivity index (χ3n) is 2.45. The van der Waals surface area contributed by atoms with Gasteiger partial charge in [-0.1, -0.05) is 49.0 Å². The maximum Gasteiger partial charge on any atom is 0.342 e. The van der Waals surface area contributed by atoms with E-state index in [4.69, 9.17) is 4.74 Å². The van der Waals surface area contributed by atoms with Crippen molar-refractivity contribution in [3.8, 4) is 0 Å². The van der Waals surface area contributed by atoms with Gasteiger partial charge in [0.05, 0.1) is 12.5 Å². The lowest BCUT2D eigenvalue weighted by Gasteiger charge is -2.25. The van der Waals surface area contributed by atoms with Gasteiger partial charge in [-0.15, -0.1) is 0 Å². The van der Waals surface area contributed by atoms with Crippen LogP contribution < -0.4 is 10.9 Å². The molecule has 0 amide bonds. The summed E-state index contributed by atoms with van der Waals surface area (Å²) >= 11 is 1.38. The van der Waals surface area contributed by atoms with Gasteiger partial charge >= 0.3 is 5.97 Å². The summed E-state index contributed by atoms with van der Waals surface area (Å²) in [5, 5.41) is 0. The fourth-order valence-electron chi connectivity index (χ4n) is 1.60. The van der Waals surface area contributed by atoms with Gasteiger partial charge in [-0.05, 0) is 12.0 Å². The molecule has 0 bridgehead atoms. The van der Waals surface area contributed by atoms with Crippen molar-refractivity contribution in [2.24, 2.45) is 0 Å². The summed E-state index contributed by atoms with van der Waals surface area (Å²) in [4.78, 5) is 11.3. The molecule has 2 N–H and O–H groups in total. The van der Waals surface area contributed by atoms with Crippen molar-refractivity contribution in [2.45, 2.75) is 18.2 Å². The number of esters is 1. The molecule has 1 radical (unpaired) electrons. The average Bonchev–Trinajstić information content (AvgIpc) is 2.87. The van der Waals surface area contributed by atoms with Gasteiger partial charge in [-0.2, -0.15) is 0 Å². The van der Waals surface area contributed by atoms with E-state index in [1.807, 2.05) is 37.3 Å². The second-order valence-corrected chi connectivity index (χ2v) is 4.77. The first-order chi connectivity index (χ1) is 8.29. The van der Waals surface area contributed by atoms with Crippen molar-refractivity contribution in [1.82, 2.24) is 10.9 Å². The van der Waals surface area contributed by atoms with Crippen LogP contribution in [0.1, 0.15) is 18.9 Å². The van der Waals surface area contributed by atoms with E-state index in [2.05, 4.69) is 10.9 Å². The Morgan fingerprint density at radius 2 is 2.18 bits per heavy atom. The fraction of sp³-hybridized carbons (Fsp3) is 0.333. The highest BCUT2D eigenvalue weighted by Crippen LogP contribution is 2.39. The molecule has 0 saturated carbocycles. The molecule has 1 fully saturated rings. The molecule has 1 heterocycles. The molecule has 4 nitrogen and oxygen atoms in total. The van der Waals surface area contributed by atoms with Gasteiger partial charge in [0.2, 0.25) is 4.87 Å². The molecule has 1 unspecified atom stereocenters. The number of benzene rings is 1. The van der Waals surface area contributed by atoms with Gasteiger partial charge < -0.3 is 4.74 Å². The maximum atomic E-state index is 12.2. The topological polar surface area (TPSA) is 50.4 Å². The van der Waals surface area contributed by atoms with E-state index in [-0.39, 0.29) is 5.97 Å². The second kappa shape index (κ2) is 5.53. The summed E-state index contributed by atoms with van der Waals surface area (Å²) in [7, 11) is 0. The Morgan fingerprint density at radius 3 is 2.76 bits per heavy atom. The van der Waals surface area contributed by atoms with Crippen LogP contribution in [0.15, 0.2) is 30.3 Å². The number of hydrogen-bond acceptors (Lipinski definition) is 5. The van der Waals surface area contributed by atoms with E-state index >= 15 is 0 Å². The van der Waals surface area contributed by atoms with E-state index in [0.717, 1.165) is 12.0 Å². The molecule has 0 aromatic heterocycles. The monoisotopic (exact) mass is 251 g/mol. The first-order valence-corrected chi connectivity index (χ1v) is 6.42. The van der Waals surface area contributed by atoms with E-state index in [0.29, 0.717) is 6.61 Å². The lowest BCUT2D eigenvalue weighted by molar-refractivity contribution is -0.148. The van der Waals surface area contributed by atoms with Crippen molar-refractivity contribution in [2.75, 3.05) is 6.61 Å². The summed E-state index contributed by atoms with van der Waals surface area (Å²) < 4.78 is 5.25. The molecule has 2 rings (SSSR count). The number of carbonyl (C=O) groups excluding carboxylic acids is 1. The Morgan fingerprint density at radius 1 is 1.41 bits per heavy atom. The highest BCUT2D eigenvalue weighted by molar-refractivity contribution is 8.03. The molecule has 1 atom stereocenters. The molecule has 0 spiro atoms. The largest absolute Gasteiger partial charge is 0.463 e. The first kappa shape index (κ1) is 12.4. The standard InChI is InChI=1S/C12H15N2O2S/c1-2-8-16-11(15)12(14-13-9-17-12)10-6-4-3-5-7-10/h3-7,9,13-14H,2,8H2,1H3. The predicted octanol–water partition coefficient (Wildman–Crippen LogP) is 1.75. The molecule has 1 aromatic rings. The zero-order valence-electron chi connectivity index (χ0n) is 9.60. The Balaban J connectivity index is 2.24. The molecule has 5 heteroatoms. The van der Waals surface area contributed by atoms with Gasteiger partial charge in [0.25, 0.3) is 0 Å². The number of rotatable bonds is 4. The van der Waals surface area contributed by atoms with Crippen LogP contribution >= 0.6 is 11.8 Å². The zero-order valence-corrected chi connectivity index (χ0v) is 10.4. The number of thioether (sulfide) groups is 1. The molecule has 0 aliphatic carbocycles. The zero-order chi connectivity index (χ0) is 12.1. The van der Waals surface area contributed by atoms with E-state index in [1.165, 1.54) is 11.8 Å². The van der Waals surface area contributed by atoms with Gasteiger partial charge in [-0.25, -0.2) is 15.6 Å². The van der Waals surface area contributed by atoms with Gasteiger partial charge in [0.1, 0.15) is 0 Å². The highest BCUT2D eigenvalue weighted by Gasteiger charge is 2.45. The first-order valence-electron chi connectivity index (χ1n) is 5.54. The number of ether oxygens (including phenoxy) is 1. The van der Waals surface area contributed by atoms with Crippen LogP contribution in [0.3, 0.4) is 0 Å². The molecule has 1 aliphatic rings. The molecule has 91 valence electrons. The van der Waals surface area contributed by atoms with Crippen LogP contribution in [-0.2, 0) is 14.4 Å². The highest BCUT2D eigenvalue weighted by atomic mass is 32.2. The van der Waals surface area contributed by atoms with Crippen LogP contribution in [-0.4, -0.2) is 12.6 Å². The van der Waals surface area contributed by atoms with Crippen LogP contribution in [0.5, 0.6) is 0 Å². The smallest absolute Gasteiger partial charge is 0.342 e. The maximum absolute atomic E-state index is 12.2. The molecule has 1 aliphatic heterocycles. The average molecular weight is 251 g/mol. The lowest BCUT2D eigenvalue weighted by Crippen LogP contribution is -2.47. The number of carbonyl (C=O) groups is 1. The molecular weight excluding hydrogens is 236 g/mol. The summed E-state index contributed by atoms with van der Waals surface area (Å²) in [6.45, 7) is 2.41. The normalized spacial score (nSPS) is 23.6. The molecule has 17 heavy (non-hydrogen) atoms. The summed E-state index contributed by atoms with van der Waals surface area (Å²) in [5.74, 6) is 1.48. The van der Waals surface area contributed by atoms with Gasteiger partial charge in [-0.3, -0.25) is 0 Å². The molecule has 1 saturated heterocycles. The Bertz CT molecular complexity index is 377. The third-order valence-corrected chi connectivity index (χ3v) is 3.54. The van der Waals surface area contributed by atoms with Crippen LogP contribution in [0.2, 0.25) is 0 Å². The van der Waals surface area contributed by atoms with Crippen molar-refractivity contribution >= 4 is 17.7 Å². The van der Waals surface area contributed by atoms with Crippen LogP contribution in [0.4, 0.5) is 0 Å². The quantitative estimate of drug-likeness (QED) is 0.798. The van der Waals surface area contributed by atoms with Crippen molar-refractivity contribution in [3.05, 3.63) is 41.8 Å². The Labute approximate surface area is 105 Å². The Kier molecular flexibility index (Phi) is 4.04. The fourth-order valence-corrected chi connectivity index (χ4v) is 2.44. The number of hydrogen-bond donors (Lipinski definition) is 2. The summed E-state index contributed by atoms with van der Waals surface area (Å²) in [5.41, 5.74) is 6.72. The predicted molar refractivity (Wildman–Crippen MR) is 67.5 cm³/mol. The van der Waals surface area contributed by atoms with E-state index in [9.17, 15) is 4.79 Å². The summed E-state index contributed by atoms with van der Waals surface area (Å²) in [6.07, 6.45) is 0.818. The Hall–Kier alpha value is -1.04. The van der Waals surface area contributed by atoms with Crippen molar-refractivity contribution in [3.63, 3.8) is 0 Å². The van der Waals surface area contributed by atoms with Crippen molar-refractivity contribution in [1.29, 1.82) is 0 Å². The van der Waals surface area contributed by atoms with Gasteiger partial charge in [0.15, 0.2) is 0 Å². The number of hydrazine groups is 1. The second-order valence-electron chi connectivity index (χ2n) is 3.69. The van der Waals surface area contributed by atoms with Crippen LogP contribution in [0, 0.1) is 5.88 Å². The van der Waals surface area contributed by atoms with Gasteiger partial charge in [0, 0.05) is 0 Å². The van der Waals surface area contributed by atoms with E-state index in [1.54, 1.807) is 5.88 Å². The minimum atomic E-state index is -0.865.